The van der Waals surface area contributed by atoms with E-state index in [0.29, 0.717) is 6.04 Å². The molecule has 0 aliphatic heterocycles. The van der Waals surface area contributed by atoms with Crippen LogP contribution < -0.4 is 5.32 Å². The van der Waals surface area contributed by atoms with E-state index < -0.39 is 0 Å². The predicted molar refractivity (Wildman–Crippen MR) is 57.1 cm³/mol. The molecule has 78 valence electrons. The molecule has 1 aromatic heterocycles. The van der Waals surface area contributed by atoms with Crippen LogP contribution in [0, 0.1) is 0 Å². The van der Waals surface area contributed by atoms with Gasteiger partial charge in [-0.15, -0.1) is 0 Å². The molecule has 1 N–H and O–H groups in total. The van der Waals surface area contributed by atoms with Gasteiger partial charge in [0.1, 0.15) is 0 Å². The summed E-state index contributed by atoms with van der Waals surface area (Å²) in [5.41, 5.74) is 1.23. The topological polar surface area (TPSA) is 34.1 Å². The van der Waals surface area contributed by atoms with Crippen molar-refractivity contribution in [2.45, 2.75) is 19.4 Å². The third kappa shape index (κ3) is 3.44. The summed E-state index contributed by atoms with van der Waals surface area (Å²) in [5.74, 6) is 0. The van der Waals surface area contributed by atoms with Crippen LogP contribution in [0.3, 0.4) is 0 Å². The fourth-order valence-corrected chi connectivity index (χ4v) is 1.45. The Morgan fingerprint density at radius 2 is 2.43 bits per heavy atom. The van der Waals surface area contributed by atoms with Crippen molar-refractivity contribution >= 4 is 0 Å². The maximum absolute atomic E-state index is 5.08. The number of rotatable bonds is 6. The Labute approximate surface area is 85.5 Å². The van der Waals surface area contributed by atoms with E-state index in [1.165, 1.54) is 5.56 Å². The number of hydrogen-bond acceptors (Lipinski definition) is 3. The van der Waals surface area contributed by atoms with Gasteiger partial charge in [-0.2, -0.15) is 0 Å². The van der Waals surface area contributed by atoms with Gasteiger partial charge in [-0.3, -0.25) is 4.98 Å². The Morgan fingerprint density at radius 3 is 3.00 bits per heavy atom. The molecule has 3 heteroatoms. The van der Waals surface area contributed by atoms with E-state index in [2.05, 4.69) is 23.3 Å². The number of nitrogens with one attached hydrogen (secondary N) is 1. The van der Waals surface area contributed by atoms with Crippen LogP contribution in [0.5, 0.6) is 0 Å². The quantitative estimate of drug-likeness (QED) is 0.749. The summed E-state index contributed by atoms with van der Waals surface area (Å²) in [5, 5.41) is 3.41. The van der Waals surface area contributed by atoms with Crippen LogP contribution in [0.2, 0.25) is 0 Å². The third-order valence-corrected chi connectivity index (χ3v) is 2.15. The van der Waals surface area contributed by atoms with Gasteiger partial charge in [-0.25, -0.2) is 0 Å². The lowest BCUT2D eigenvalue weighted by atomic mass is 10.1. The van der Waals surface area contributed by atoms with Gasteiger partial charge in [0.2, 0.25) is 0 Å². The van der Waals surface area contributed by atoms with Crippen LogP contribution in [0.15, 0.2) is 24.5 Å². The summed E-state index contributed by atoms with van der Waals surface area (Å²) < 4.78 is 5.08. The second kappa shape index (κ2) is 6.51. The van der Waals surface area contributed by atoms with Crippen LogP contribution >= 0.6 is 0 Å². The Bertz CT molecular complexity index is 238. The van der Waals surface area contributed by atoms with E-state index >= 15 is 0 Å². The van der Waals surface area contributed by atoms with Gasteiger partial charge in [0, 0.05) is 32.2 Å². The molecule has 1 unspecified atom stereocenters. The number of nitrogens with zero attached hydrogens (tertiary/aromatic N) is 1. The monoisotopic (exact) mass is 194 g/mol. The molecule has 0 saturated carbocycles. The van der Waals surface area contributed by atoms with Crippen molar-refractivity contribution in [1.29, 1.82) is 0 Å². The molecule has 1 heterocycles. The fraction of sp³-hybridized carbons (Fsp3) is 0.545. The number of ether oxygens (including phenoxy) is 1. The zero-order valence-electron chi connectivity index (χ0n) is 8.86. The molecule has 14 heavy (non-hydrogen) atoms. The lowest BCUT2D eigenvalue weighted by Crippen LogP contribution is -2.22. The van der Waals surface area contributed by atoms with Crippen molar-refractivity contribution in [2.24, 2.45) is 0 Å². The molecule has 0 aromatic carbocycles. The van der Waals surface area contributed by atoms with Crippen LogP contribution in [-0.2, 0) is 4.74 Å². The van der Waals surface area contributed by atoms with Gasteiger partial charge < -0.3 is 10.1 Å². The second-order valence-electron chi connectivity index (χ2n) is 3.18. The first-order valence-corrected chi connectivity index (χ1v) is 5.00. The standard InChI is InChI=1S/C11H18N2O/c1-3-13-11(6-8-14-2)10-5-4-7-12-9-10/h4-5,7,9,11,13H,3,6,8H2,1-2H3. The first kappa shape index (κ1) is 11.1. The van der Waals surface area contributed by atoms with Gasteiger partial charge in [-0.1, -0.05) is 13.0 Å². The average Bonchev–Trinajstić information content (AvgIpc) is 2.25. The molecule has 0 amide bonds. The van der Waals surface area contributed by atoms with E-state index in [1.54, 1.807) is 13.3 Å². The van der Waals surface area contributed by atoms with Gasteiger partial charge in [-0.05, 0) is 24.6 Å². The van der Waals surface area contributed by atoms with E-state index in [1.807, 2.05) is 12.3 Å². The van der Waals surface area contributed by atoms with Crippen molar-refractivity contribution < 1.29 is 4.74 Å². The van der Waals surface area contributed by atoms with Crippen LogP contribution in [-0.4, -0.2) is 25.2 Å². The molecule has 0 fully saturated rings. The lowest BCUT2D eigenvalue weighted by molar-refractivity contribution is 0.183. The summed E-state index contributed by atoms with van der Waals surface area (Å²) in [7, 11) is 1.73. The Kier molecular flexibility index (Phi) is 5.19. The highest BCUT2D eigenvalue weighted by atomic mass is 16.5. The summed E-state index contributed by atoms with van der Waals surface area (Å²) in [6.07, 6.45) is 4.68. The third-order valence-electron chi connectivity index (χ3n) is 2.15. The lowest BCUT2D eigenvalue weighted by Gasteiger charge is -2.17. The molecule has 0 spiro atoms. The van der Waals surface area contributed by atoms with Crippen LogP contribution in [0.25, 0.3) is 0 Å². The van der Waals surface area contributed by atoms with Gasteiger partial charge in [0.05, 0.1) is 0 Å². The highest BCUT2D eigenvalue weighted by Gasteiger charge is 2.08. The molecule has 1 atom stereocenters. The first-order chi connectivity index (χ1) is 6.88. The van der Waals surface area contributed by atoms with E-state index in [9.17, 15) is 0 Å². The number of pyridine rings is 1. The molecule has 0 radical (unpaired) electrons. The van der Waals surface area contributed by atoms with Crippen LogP contribution in [0.4, 0.5) is 0 Å². The Hall–Kier alpha value is -0.930. The minimum Gasteiger partial charge on any atom is -0.385 e. The zero-order valence-corrected chi connectivity index (χ0v) is 8.86. The summed E-state index contributed by atoms with van der Waals surface area (Å²) in [6, 6.07) is 4.41. The minimum atomic E-state index is 0.355. The molecular weight excluding hydrogens is 176 g/mol. The van der Waals surface area contributed by atoms with Crippen molar-refractivity contribution in [1.82, 2.24) is 10.3 Å². The molecule has 3 nitrogen and oxygen atoms in total. The normalized spacial score (nSPS) is 12.7. The smallest absolute Gasteiger partial charge is 0.0480 e. The van der Waals surface area contributed by atoms with Crippen molar-refractivity contribution in [3.05, 3.63) is 30.1 Å². The van der Waals surface area contributed by atoms with E-state index in [0.717, 1.165) is 19.6 Å². The Morgan fingerprint density at radius 1 is 1.57 bits per heavy atom. The van der Waals surface area contributed by atoms with Crippen LogP contribution in [0.1, 0.15) is 24.9 Å². The van der Waals surface area contributed by atoms with Crippen molar-refractivity contribution in [3.63, 3.8) is 0 Å². The van der Waals surface area contributed by atoms with E-state index in [4.69, 9.17) is 4.74 Å². The minimum absolute atomic E-state index is 0.355. The molecule has 1 rings (SSSR count). The van der Waals surface area contributed by atoms with Gasteiger partial charge in [0.15, 0.2) is 0 Å². The summed E-state index contributed by atoms with van der Waals surface area (Å²) in [4.78, 5) is 4.12. The number of hydrogen-bond donors (Lipinski definition) is 1. The van der Waals surface area contributed by atoms with Gasteiger partial charge >= 0.3 is 0 Å². The zero-order chi connectivity index (χ0) is 10.2. The average molecular weight is 194 g/mol. The van der Waals surface area contributed by atoms with Crippen molar-refractivity contribution in [3.8, 4) is 0 Å². The summed E-state index contributed by atoms with van der Waals surface area (Å²) in [6.45, 7) is 3.84. The number of methoxy groups -OCH3 is 1. The fourth-order valence-electron chi connectivity index (χ4n) is 1.45. The van der Waals surface area contributed by atoms with Gasteiger partial charge in [0.25, 0.3) is 0 Å². The maximum Gasteiger partial charge on any atom is 0.0480 e. The molecule has 0 aliphatic rings. The maximum atomic E-state index is 5.08. The van der Waals surface area contributed by atoms with E-state index in [-0.39, 0.29) is 0 Å². The second-order valence-corrected chi connectivity index (χ2v) is 3.18. The molecule has 1 aromatic rings. The molecule has 0 aliphatic carbocycles. The highest BCUT2D eigenvalue weighted by Crippen LogP contribution is 2.14. The highest BCUT2D eigenvalue weighted by molar-refractivity contribution is 5.13. The number of aromatic nitrogens is 1. The molecular formula is C11H18N2O. The van der Waals surface area contributed by atoms with Crippen molar-refractivity contribution in [2.75, 3.05) is 20.3 Å². The first-order valence-electron chi connectivity index (χ1n) is 5.00. The Balaban J connectivity index is 2.58. The SMILES string of the molecule is CCNC(CCOC)c1cccnc1. The molecule has 0 bridgehead atoms. The largest absolute Gasteiger partial charge is 0.385 e. The summed E-state index contributed by atoms with van der Waals surface area (Å²) >= 11 is 0. The predicted octanol–water partition coefficient (Wildman–Crippen LogP) is 1.77. The molecule has 0 saturated heterocycles.